The summed E-state index contributed by atoms with van der Waals surface area (Å²) >= 11 is 14.0. The molecule has 16 rings (SSSR count). The lowest BCUT2D eigenvalue weighted by Crippen LogP contribution is -2.40. The summed E-state index contributed by atoms with van der Waals surface area (Å²) in [5.74, 6) is 6.97. The molecule has 580 valence electrons. The molecule has 12 aromatic heterocycles. The standard InChI is InChI=1S/2C19H23BrN6O2.2C18H21BrN6O2/c20-16-12-22-26-17(21-11-14-4-3-7-24(28)13-14)10-18(23-19(16)26)25-8-2-1-5-15(25)6-9-27;20-15-10-22-26-18(21-9-13-4-3-7-25(28)11-13)8-17(24-19(15)26)23-16-6-2-1-5-14(16)12-27;2*19-14-9-21-25-17(20-8-12-3-2-6-24(27)10-12)7-16(23-18(14)25)22-15-5-1-4-13(15)11-26/h3-4,7,10,12-13,15,21,27H,1-2,5-6,8-9,11H2;3-4,7-8,10-11,14,16,21,27H,1-2,5-6,9,12H2,(H,23,24);2*2-3,6-7,9-10,13,15,20,26H,1,4-5,8,11H2,(H,22,23)/t15-;14-,16-;2*13-,15-/m0110/s1. The molecule has 36 heteroatoms. The third kappa shape index (κ3) is 19.8. The van der Waals surface area contributed by atoms with Gasteiger partial charge in [-0.15, -0.1) is 0 Å². The number of rotatable bonds is 24. The average Bonchev–Trinajstić information content (AvgIpc) is 1.58. The largest absolute Gasteiger partial charge is 0.619 e. The van der Waals surface area contributed by atoms with Crippen LogP contribution in [0, 0.1) is 38.6 Å². The second kappa shape index (κ2) is 37.4. The van der Waals surface area contributed by atoms with Gasteiger partial charge in [-0.05, 0) is 152 Å². The molecule has 0 amide bonds. The van der Waals surface area contributed by atoms with Gasteiger partial charge in [-0.25, -0.2) is 19.9 Å². The lowest BCUT2D eigenvalue weighted by Gasteiger charge is -2.36. The van der Waals surface area contributed by atoms with Crippen LogP contribution in [-0.2, 0) is 26.2 Å². The Morgan fingerprint density at radius 3 is 1.06 bits per heavy atom. The van der Waals surface area contributed by atoms with Crippen LogP contribution in [0.1, 0.15) is 112 Å². The van der Waals surface area contributed by atoms with Crippen LogP contribution < -0.4 is 61.0 Å². The van der Waals surface area contributed by atoms with Crippen molar-refractivity contribution in [3.63, 3.8) is 0 Å². The van der Waals surface area contributed by atoms with Gasteiger partial charge < -0.3 is 83.4 Å². The van der Waals surface area contributed by atoms with E-state index in [1.807, 2.05) is 48.5 Å². The Labute approximate surface area is 667 Å². The van der Waals surface area contributed by atoms with Crippen LogP contribution in [-0.4, -0.2) is 136 Å². The van der Waals surface area contributed by atoms with Crippen LogP contribution in [0.25, 0.3) is 22.6 Å². The maximum absolute atomic E-state index is 11.5. The second-order valence-corrected chi connectivity index (χ2v) is 31.2. The molecule has 0 radical (unpaired) electrons. The Balaban J connectivity index is 0.000000129. The van der Waals surface area contributed by atoms with Crippen LogP contribution >= 0.6 is 63.7 Å². The Bertz CT molecular complexity index is 4900. The van der Waals surface area contributed by atoms with Gasteiger partial charge in [-0.2, -0.15) is 57.4 Å². The fourth-order valence-corrected chi connectivity index (χ4v) is 16.0. The first-order valence-electron chi connectivity index (χ1n) is 36.9. The van der Waals surface area contributed by atoms with Crippen molar-refractivity contribution in [1.82, 2.24) is 58.4 Å². The molecule has 0 aromatic carbocycles. The van der Waals surface area contributed by atoms with E-state index in [1.54, 1.807) is 73.3 Å². The van der Waals surface area contributed by atoms with Crippen molar-refractivity contribution in [2.24, 2.45) is 17.8 Å². The van der Waals surface area contributed by atoms with Gasteiger partial charge in [0.15, 0.2) is 72.2 Å². The van der Waals surface area contributed by atoms with E-state index in [1.165, 1.54) is 49.8 Å². The third-order valence-corrected chi connectivity index (χ3v) is 22.5. The number of piperidine rings is 1. The zero-order chi connectivity index (χ0) is 76.6. The quantitative estimate of drug-likeness (QED) is 0.0198. The van der Waals surface area contributed by atoms with Crippen molar-refractivity contribution in [3.05, 3.63) is 208 Å². The minimum Gasteiger partial charge on any atom is -0.619 e. The van der Waals surface area contributed by atoms with Crippen LogP contribution in [0.3, 0.4) is 0 Å². The van der Waals surface area contributed by atoms with E-state index in [2.05, 4.69) is 136 Å². The molecule has 12 aromatic rings. The van der Waals surface area contributed by atoms with Crippen molar-refractivity contribution < 1.29 is 39.3 Å². The van der Waals surface area contributed by atoms with Crippen LogP contribution in [0.4, 0.5) is 46.5 Å². The number of aliphatic hydroxyl groups is 4. The molecule has 1 saturated heterocycles. The predicted molar refractivity (Wildman–Crippen MR) is 430 cm³/mol. The van der Waals surface area contributed by atoms with Gasteiger partial charge in [-0.1, -0.05) is 25.7 Å². The molecular formula is C74H88Br4N24O8. The van der Waals surface area contributed by atoms with Gasteiger partial charge in [0.2, 0.25) is 0 Å². The van der Waals surface area contributed by atoms with E-state index in [9.17, 15) is 41.3 Å². The Hall–Kier alpha value is -9.56. The molecule has 11 N–H and O–H groups in total. The number of hydrogen-bond donors (Lipinski definition) is 11. The second-order valence-electron chi connectivity index (χ2n) is 27.8. The van der Waals surface area contributed by atoms with Gasteiger partial charge in [0.25, 0.3) is 0 Å². The molecule has 110 heavy (non-hydrogen) atoms. The summed E-state index contributed by atoms with van der Waals surface area (Å²) in [7, 11) is 0. The summed E-state index contributed by atoms with van der Waals surface area (Å²) in [5.41, 5.74) is 6.34. The van der Waals surface area contributed by atoms with Gasteiger partial charge in [-0.3, -0.25) is 0 Å². The van der Waals surface area contributed by atoms with Crippen molar-refractivity contribution in [2.45, 2.75) is 140 Å². The SMILES string of the molecule is [O-][n+]1cccc(CNc2cc(N3CCCC[C@H]3CCO)nc3c(Br)cnn23)c1.[O-][n+]1cccc(CNc2cc(N[C@@H]3CCCC[C@@H]3CO)nc3c(Br)cnn23)c1.[O-][n+]1cccc(CNc2cc(N[C@@H]3CCC[C@@H]3CO)nc3c(Br)cnn23)c1.[O-][n+]1cccc(CNc2cc(N[C@H]3CCC[C@H]3CO)nc3c(Br)cnn23)c1. The number of aromatic nitrogens is 16. The number of pyridine rings is 4. The Kier molecular flexibility index (Phi) is 26.7. The number of halogens is 4. The monoisotopic (exact) mass is 1760 g/mol. The summed E-state index contributed by atoms with van der Waals surface area (Å²) in [4.78, 5) is 21.1. The highest BCUT2D eigenvalue weighted by atomic mass is 79.9. The Morgan fingerprint density at radius 2 is 0.718 bits per heavy atom. The summed E-state index contributed by atoms with van der Waals surface area (Å²) in [6, 6.07) is 23.1. The first-order chi connectivity index (χ1) is 53.6. The molecule has 0 unspecified atom stereocenters. The number of anilines is 8. The van der Waals surface area contributed by atoms with E-state index >= 15 is 0 Å². The number of aliphatic hydroxyl groups excluding tert-OH is 4. The molecule has 32 nitrogen and oxygen atoms in total. The van der Waals surface area contributed by atoms with E-state index in [4.69, 9.17) is 9.97 Å². The maximum Gasteiger partial charge on any atom is 0.185 e. The highest BCUT2D eigenvalue weighted by molar-refractivity contribution is 9.11. The van der Waals surface area contributed by atoms with Gasteiger partial charge in [0.05, 0.1) is 42.7 Å². The molecular weight excluding hydrogens is 1670 g/mol. The topological polar surface area (TPSA) is 397 Å². The fourth-order valence-electron chi connectivity index (χ4n) is 14.6. The fraction of sp³-hybridized carbons (Fsp3) is 0.405. The van der Waals surface area contributed by atoms with Crippen LogP contribution in [0.15, 0.2) is 165 Å². The minimum atomic E-state index is 0.175. The molecule has 13 heterocycles. The highest BCUT2D eigenvalue weighted by Crippen LogP contribution is 2.35. The maximum atomic E-state index is 11.5. The molecule has 0 spiro atoms. The number of nitrogens with zero attached hydrogens (tertiary/aromatic N) is 17. The molecule has 3 aliphatic carbocycles. The summed E-state index contributed by atoms with van der Waals surface area (Å²) in [5, 5.41) is 125. The average molecular weight is 1760 g/mol. The number of fused-ring (bicyclic) bond motifs is 4. The summed E-state index contributed by atoms with van der Waals surface area (Å²) in [6.07, 6.45) is 33.6. The number of nitrogens with one attached hydrogen (secondary N) is 7. The minimum absolute atomic E-state index is 0.175. The summed E-state index contributed by atoms with van der Waals surface area (Å²) in [6.45, 7) is 3.62. The predicted octanol–water partition coefficient (Wildman–Crippen LogP) is 9.80. The molecule has 1 aliphatic heterocycles. The van der Waals surface area contributed by atoms with Gasteiger partial charge in [0.1, 0.15) is 46.5 Å². The smallest absolute Gasteiger partial charge is 0.185 e. The lowest BCUT2D eigenvalue weighted by molar-refractivity contribution is -0.606. The zero-order valence-electron chi connectivity index (χ0n) is 60.2. The molecule has 4 aliphatic rings. The zero-order valence-corrected chi connectivity index (χ0v) is 66.5. The van der Waals surface area contributed by atoms with E-state index in [0.29, 0.717) is 43.1 Å². The molecule has 7 atom stereocenters. The van der Waals surface area contributed by atoms with Crippen molar-refractivity contribution in [3.8, 4) is 0 Å². The van der Waals surface area contributed by atoms with Gasteiger partial charge in [0, 0.05) is 172 Å². The third-order valence-electron chi connectivity index (χ3n) is 20.3. The normalized spacial score (nSPS) is 18.9. The number of hydrogen-bond acceptors (Lipinski definition) is 24. The van der Waals surface area contributed by atoms with E-state index < -0.39 is 0 Å². The molecule has 3 saturated carbocycles. The van der Waals surface area contributed by atoms with E-state index in [-0.39, 0.29) is 68.3 Å². The summed E-state index contributed by atoms with van der Waals surface area (Å²) < 4.78 is 13.3. The lowest BCUT2D eigenvalue weighted by atomic mass is 9.85. The van der Waals surface area contributed by atoms with Crippen molar-refractivity contribution in [2.75, 3.05) is 75.1 Å². The van der Waals surface area contributed by atoms with Crippen LogP contribution in [0.5, 0.6) is 0 Å². The molecule has 4 fully saturated rings. The van der Waals surface area contributed by atoms with Crippen LogP contribution in [0.2, 0.25) is 0 Å². The first kappa shape index (κ1) is 78.6. The Morgan fingerprint density at radius 1 is 0.400 bits per heavy atom. The van der Waals surface area contributed by atoms with Crippen molar-refractivity contribution >= 4 is 133 Å². The van der Waals surface area contributed by atoms with E-state index in [0.717, 1.165) is 201 Å². The van der Waals surface area contributed by atoms with Gasteiger partial charge >= 0.3 is 0 Å². The molecule has 0 bridgehead atoms. The first-order valence-corrected chi connectivity index (χ1v) is 40.1. The van der Waals surface area contributed by atoms with Crippen molar-refractivity contribution in [1.29, 1.82) is 0 Å². The highest BCUT2D eigenvalue weighted by Gasteiger charge is 2.31.